The number of hydrogen-bond acceptors (Lipinski definition) is 10. The molecule has 0 radical (unpaired) electrons. The van der Waals surface area contributed by atoms with Crippen LogP contribution in [0.3, 0.4) is 0 Å². The van der Waals surface area contributed by atoms with Crippen LogP contribution in [0.5, 0.6) is 5.75 Å². The van der Waals surface area contributed by atoms with Crippen LogP contribution in [0.2, 0.25) is 0 Å². The summed E-state index contributed by atoms with van der Waals surface area (Å²) in [4.78, 5) is 37.0. The van der Waals surface area contributed by atoms with Gasteiger partial charge in [0.1, 0.15) is 37.8 Å². The first kappa shape index (κ1) is 36.7. The van der Waals surface area contributed by atoms with Gasteiger partial charge in [0.25, 0.3) is 0 Å². The van der Waals surface area contributed by atoms with Gasteiger partial charge in [0.2, 0.25) is 0 Å². The Bertz CT molecular complexity index is 1520. The summed E-state index contributed by atoms with van der Waals surface area (Å²) in [5, 5.41) is 2.83. The number of ether oxygens (including phenoxy) is 4. The summed E-state index contributed by atoms with van der Waals surface area (Å²) in [6.07, 6.45) is -3.25. The van der Waals surface area contributed by atoms with E-state index in [1.807, 2.05) is 60.7 Å². The van der Waals surface area contributed by atoms with Gasteiger partial charge in [0.15, 0.2) is 0 Å². The molecule has 48 heavy (non-hydrogen) atoms. The average molecular weight is 682 g/mol. The van der Waals surface area contributed by atoms with Crippen molar-refractivity contribution in [1.82, 2.24) is 5.32 Å². The van der Waals surface area contributed by atoms with Crippen LogP contribution >= 0.6 is 7.60 Å². The molecule has 1 fully saturated rings. The lowest BCUT2D eigenvalue weighted by Crippen LogP contribution is -2.49. The van der Waals surface area contributed by atoms with E-state index < -0.39 is 55.4 Å². The number of rotatable bonds is 13. The normalized spacial score (nSPS) is 20.4. The molecule has 258 valence electrons. The Morgan fingerprint density at radius 2 is 1.46 bits per heavy atom. The van der Waals surface area contributed by atoms with Crippen molar-refractivity contribution in [2.45, 2.75) is 71.5 Å². The molecule has 12 heteroatoms. The maximum absolute atomic E-state index is 13.7. The molecule has 1 N–H and O–H groups in total. The lowest BCUT2D eigenvalue weighted by atomic mass is 9.92. The Morgan fingerprint density at radius 3 is 2.00 bits per heavy atom. The zero-order valence-electron chi connectivity index (χ0n) is 28.1. The van der Waals surface area contributed by atoms with Gasteiger partial charge in [-0.05, 0) is 56.5 Å². The number of carbonyl (C=O) groups is 3. The molecule has 3 aromatic carbocycles. The van der Waals surface area contributed by atoms with Gasteiger partial charge < -0.3 is 28.8 Å². The Kier molecular flexibility index (Phi) is 12.4. The molecule has 0 spiro atoms. The van der Waals surface area contributed by atoms with E-state index in [2.05, 4.69) is 5.32 Å². The van der Waals surface area contributed by atoms with E-state index in [9.17, 15) is 18.9 Å². The number of carbonyl (C=O) groups excluding carboxylic acids is 3. The number of esters is 2. The molecule has 1 aliphatic rings. The summed E-state index contributed by atoms with van der Waals surface area (Å²) in [5.74, 6) is -0.814. The molecule has 5 atom stereocenters. The minimum absolute atomic E-state index is 0.0583. The van der Waals surface area contributed by atoms with E-state index in [1.165, 1.54) is 13.6 Å². The molecule has 1 saturated heterocycles. The fourth-order valence-electron chi connectivity index (χ4n) is 5.14. The second-order valence-corrected chi connectivity index (χ2v) is 14.7. The molecule has 2 unspecified atom stereocenters. The molecule has 0 saturated carbocycles. The van der Waals surface area contributed by atoms with Crippen LogP contribution in [0.1, 0.15) is 57.2 Å². The molecule has 1 heterocycles. The third-order valence-corrected chi connectivity index (χ3v) is 8.79. The van der Waals surface area contributed by atoms with E-state index in [-0.39, 0.29) is 31.5 Å². The van der Waals surface area contributed by atoms with Gasteiger partial charge in [0, 0.05) is 19.5 Å². The van der Waals surface area contributed by atoms with Crippen LogP contribution < -0.4 is 9.84 Å². The summed E-state index contributed by atoms with van der Waals surface area (Å²) >= 11 is 0. The van der Waals surface area contributed by atoms with Crippen molar-refractivity contribution < 1.29 is 46.9 Å². The van der Waals surface area contributed by atoms with Crippen molar-refractivity contribution in [2.24, 2.45) is 5.41 Å². The van der Waals surface area contributed by atoms with Crippen LogP contribution in [-0.2, 0) is 44.2 Å². The Hall–Kier alpha value is -4.18. The standard InChI is InChI=1S/C36H44NO10P/c1-24-32(37-35(40)44-22-30(27-13-9-7-10-14-27)28-15-11-8-12-16-28)33(31(45-24)23-43-34(39)36(3,4)5)47-48(6,41)46-29-19-17-26(18-20-29)21-42-25(2)38/h7-20,24,30-33H,21-23H2,1-6H3,(H,37,40)/t24-,31+,32+,33?,48?/m0/s1. The number of amides is 1. The molecule has 1 aliphatic heterocycles. The van der Waals surface area contributed by atoms with Gasteiger partial charge in [-0.15, -0.1) is 0 Å². The van der Waals surface area contributed by atoms with Gasteiger partial charge >= 0.3 is 25.6 Å². The topological polar surface area (TPSA) is 136 Å². The smallest absolute Gasteiger partial charge is 0.407 e. The van der Waals surface area contributed by atoms with E-state index in [0.717, 1.165) is 11.1 Å². The quantitative estimate of drug-likeness (QED) is 0.119. The molecule has 0 bridgehead atoms. The Balaban J connectivity index is 1.48. The average Bonchev–Trinajstić information content (AvgIpc) is 3.32. The third-order valence-electron chi connectivity index (χ3n) is 7.63. The van der Waals surface area contributed by atoms with Gasteiger partial charge in [0.05, 0.1) is 17.6 Å². The first-order valence-electron chi connectivity index (χ1n) is 15.8. The summed E-state index contributed by atoms with van der Waals surface area (Å²) in [5.41, 5.74) is 1.92. The first-order chi connectivity index (χ1) is 22.7. The zero-order chi connectivity index (χ0) is 34.9. The monoisotopic (exact) mass is 681 g/mol. The Labute approximate surface area is 281 Å². The number of hydrogen-bond donors (Lipinski definition) is 1. The highest BCUT2D eigenvalue weighted by atomic mass is 31.2. The fraction of sp³-hybridized carbons (Fsp3) is 0.417. The van der Waals surface area contributed by atoms with Crippen molar-refractivity contribution in [3.63, 3.8) is 0 Å². The Morgan fingerprint density at radius 1 is 0.875 bits per heavy atom. The van der Waals surface area contributed by atoms with Crippen LogP contribution in [-0.4, -0.2) is 62.3 Å². The third kappa shape index (κ3) is 10.7. The van der Waals surface area contributed by atoms with E-state index in [4.69, 9.17) is 28.0 Å². The van der Waals surface area contributed by atoms with E-state index >= 15 is 0 Å². The largest absolute Gasteiger partial charge is 0.462 e. The minimum atomic E-state index is -3.84. The lowest BCUT2D eigenvalue weighted by molar-refractivity contribution is -0.158. The highest BCUT2D eigenvalue weighted by Gasteiger charge is 2.48. The van der Waals surface area contributed by atoms with Crippen LogP contribution in [0.4, 0.5) is 4.79 Å². The minimum Gasteiger partial charge on any atom is -0.462 e. The molecular weight excluding hydrogens is 637 g/mol. The first-order valence-corrected chi connectivity index (χ1v) is 17.7. The second-order valence-electron chi connectivity index (χ2n) is 12.7. The molecule has 3 aromatic rings. The van der Waals surface area contributed by atoms with Crippen molar-refractivity contribution in [3.8, 4) is 5.75 Å². The summed E-state index contributed by atoms with van der Waals surface area (Å²) in [7, 11) is -3.84. The maximum atomic E-state index is 13.7. The molecule has 11 nitrogen and oxygen atoms in total. The molecule has 0 aromatic heterocycles. The molecule has 4 rings (SSSR count). The van der Waals surface area contributed by atoms with Gasteiger partial charge in [-0.3, -0.25) is 14.1 Å². The summed E-state index contributed by atoms with van der Waals surface area (Å²) < 4.78 is 47.9. The van der Waals surface area contributed by atoms with E-state index in [1.54, 1.807) is 52.0 Å². The van der Waals surface area contributed by atoms with Crippen molar-refractivity contribution in [1.29, 1.82) is 0 Å². The highest BCUT2D eigenvalue weighted by Crippen LogP contribution is 2.48. The molecule has 0 aliphatic carbocycles. The van der Waals surface area contributed by atoms with Crippen molar-refractivity contribution in [3.05, 3.63) is 102 Å². The summed E-state index contributed by atoms with van der Waals surface area (Å²) in [6.45, 7) is 9.48. The van der Waals surface area contributed by atoms with Crippen LogP contribution in [0.25, 0.3) is 0 Å². The van der Waals surface area contributed by atoms with Gasteiger partial charge in [-0.2, -0.15) is 0 Å². The number of benzene rings is 3. The van der Waals surface area contributed by atoms with Crippen molar-refractivity contribution in [2.75, 3.05) is 19.9 Å². The van der Waals surface area contributed by atoms with Crippen molar-refractivity contribution >= 4 is 25.6 Å². The van der Waals surface area contributed by atoms with Gasteiger partial charge in [-0.1, -0.05) is 72.8 Å². The fourth-order valence-corrected chi connectivity index (χ4v) is 6.39. The summed E-state index contributed by atoms with van der Waals surface area (Å²) in [6, 6.07) is 25.2. The predicted octanol–water partition coefficient (Wildman–Crippen LogP) is 6.64. The van der Waals surface area contributed by atoms with Crippen LogP contribution in [0, 0.1) is 5.41 Å². The SMILES string of the molecule is CC(=O)OCc1ccc(OP(C)(=O)OC2[C@@H](COC(=O)C(C)(C)C)O[C@@H](C)[C@H]2NC(=O)OCC(c2ccccc2)c2ccccc2)cc1. The van der Waals surface area contributed by atoms with Gasteiger partial charge in [-0.25, -0.2) is 9.36 Å². The predicted molar refractivity (Wildman–Crippen MR) is 179 cm³/mol. The van der Waals surface area contributed by atoms with Crippen LogP contribution in [0.15, 0.2) is 84.9 Å². The lowest BCUT2D eigenvalue weighted by Gasteiger charge is -2.28. The van der Waals surface area contributed by atoms with E-state index in [0.29, 0.717) is 5.56 Å². The zero-order valence-corrected chi connectivity index (χ0v) is 29.0. The number of nitrogens with one attached hydrogen (secondary N) is 1. The molecule has 1 amide bonds. The molecular formula is C36H44NO10P. The number of alkyl carbamates (subject to hydrolysis) is 1. The highest BCUT2D eigenvalue weighted by molar-refractivity contribution is 7.53. The maximum Gasteiger partial charge on any atom is 0.407 e. The second kappa shape index (κ2) is 16.3.